The van der Waals surface area contributed by atoms with E-state index in [0.29, 0.717) is 12.0 Å². The standard InChI is InChI=1S/C23H42O5/c1-8-19(24-4)17(2)14-12-10-9-11-13-15-18(3)22-20(25-5)16-21(26-6)23(27-7)28-22/h11,13,15,17,19-23H,8-10,12,14,16H2,1-7H3/b13-11+,18-15+. The van der Waals surface area contributed by atoms with E-state index in [1.807, 2.05) is 7.11 Å². The van der Waals surface area contributed by atoms with E-state index in [4.69, 9.17) is 23.7 Å². The van der Waals surface area contributed by atoms with Crippen molar-refractivity contribution in [2.45, 2.75) is 90.0 Å². The van der Waals surface area contributed by atoms with Crippen molar-refractivity contribution in [3.63, 3.8) is 0 Å². The van der Waals surface area contributed by atoms with Crippen molar-refractivity contribution in [2.24, 2.45) is 5.92 Å². The van der Waals surface area contributed by atoms with Gasteiger partial charge in [0.2, 0.25) is 0 Å². The van der Waals surface area contributed by atoms with Crippen molar-refractivity contribution in [1.29, 1.82) is 0 Å². The molecule has 0 aromatic heterocycles. The summed E-state index contributed by atoms with van der Waals surface area (Å²) < 4.78 is 28.1. The number of allylic oxidation sites excluding steroid dienone is 3. The van der Waals surface area contributed by atoms with Gasteiger partial charge in [-0.15, -0.1) is 0 Å². The minimum atomic E-state index is -0.366. The predicted molar refractivity (Wildman–Crippen MR) is 113 cm³/mol. The predicted octanol–water partition coefficient (Wildman–Crippen LogP) is 4.90. The van der Waals surface area contributed by atoms with Gasteiger partial charge in [-0.25, -0.2) is 0 Å². The van der Waals surface area contributed by atoms with Crippen LogP contribution in [0.5, 0.6) is 0 Å². The summed E-state index contributed by atoms with van der Waals surface area (Å²) >= 11 is 0. The average molecular weight is 399 g/mol. The zero-order valence-electron chi connectivity index (χ0n) is 19.0. The van der Waals surface area contributed by atoms with E-state index in [-0.39, 0.29) is 24.6 Å². The van der Waals surface area contributed by atoms with Gasteiger partial charge in [-0.1, -0.05) is 38.5 Å². The summed E-state index contributed by atoms with van der Waals surface area (Å²) in [5.74, 6) is 0.625. The molecule has 5 heteroatoms. The second kappa shape index (κ2) is 14.3. The van der Waals surface area contributed by atoms with E-state index in [0.717, 1.165) is 24.8 Å². The summed E-state index contributed by atoms with van der Waals surface area (Å²) in [6.45, 7) is 6.56. The minimum absolute atomic E-state index is 0.0326. The third kappa shape index (κ3) is 7.96. The third-order valence-electron chi connectivity index (χ3n) is 5.79. The summed E-state index contributed by atoms with van der Waals surface area (Å²) in [5.41, 5.74) is 1.14. The molecule has 0 bridgehead atoms. The molecule has 1 rings (SSSR count). The summed E-state index contributed by atoms with van der Waals surface area (Å²) in [6.07, 6.45) is 12.8. The molecule has 0 aromatic rings. The maximum atomic E-state index is 6.08. The highest BCUT2D eigenvalue weighted by atomic mass is 16.7. The summed E-state index contributed by atoms with van der Waals surface area (Å²) in [4.78, 5) is 0. The Morgan fingerprint density at radius 1 is 1.07 bits per heavy atom. The maximum absolute atomic E-state index is 6.08. The van der Waals surface area contributed by atoms with Gasteiger partial charge in [0.15, 0.2) is 6.29 Å². The second-order valence-electron chi connectivity index (χ2n) is 7.73. The molecular weight excluding hydrogens is 356 g/mol. The smallest absolute Gasteiger partial charge is 0.184 e. The lowest BCUT2D eigenvalue weighted by Gasteiger charge is -2.39. The molecule has 0 saturated carbocycles. The van der Waals surface area contributed by atoms with Crippen LogP contribution in [0.4, 0.5) is 0 Å². The first kappa shape index (κ1) is 25.3. The average Bonchev–Trinajstić information content (AvgIpc) is 2.72. The monoisotopic (exact) mass is 398 g/mol. The maximum Gasteiger partial charge on any atom is 0.184 e. The Bertz CT molecular complexity index is 458. The van der Waals surface area contributed by atoms with E-state index in [1.165, 1.54) is 19.3 Å². The van der Waals surface area contributed by atoms with Crippen LogP contribution in [-0.4, -0.2) is 59.1 Å². The van der Waals surface area contributed by atoms with Crippen LogP contribution in [0.2, 0.25) is 0 Å². The molecule has 28 heavy (non-hydrogen) atoms. The first-order valence-electron chi connectivity index (χ1n) is 10.6. The summed E-state index contributed by atoms with van der Waals surface area (Å²) in [7, 11) is 6.86. The lowest BCUT2D eigenvalue weighted by Crippen LogP contribution is -2.49. The van der Waals surface area contributed by atoms with E-state index >= 15 is 0 Å². The molecule has 1 aliphatic rings. The van der Waals surface area contributed by atoms with Crippen LogP contribution >= 0.6 is 0 Å². The highest BCUT2D eigenvalue weighted by Gasteiger charge is 2.39. The molecule has 6 unspecified atom stereocenters. The minimum Gasteiger partial charge on any atom is -0.381 e. The highest BCUT2D eigenvalue weighted by Crippen LogP contribution is 2.28. The Hall–Kier alpha value is -0.720. The van der Waals surface area contributed by atoms with Crippen LogP contribution in [0, 0.1) is 5.92 Å². The van der Waals surface area contributed by atoms with Gasteiger partial charge >= 0.3 is 0 Å². The van der Waals surface area contributed by atoms with Crippen molar-refractivity contribution < 1.29 is 23.7 Å². The quantitative estimate of drug-likeness (QED) is 0.326. The van der Waals surface area contributed by atoms with Crippen LogP contribution < -0.4 is 0 Å². The third-order valence-corrected chi connectivity index (χ3v) is 5.79. The van der Waals surface area contributed by atoms with Crippen molar-refractivity contribution in [3.05, 3.63) is 23.8 Å². The zero-order chi connectivity index (χ0) is 20.9. The molecule has 0 aromatic carbocycles. The van der Waals surface area contributed by atoms with Crippen LogP contribution in [0.15, 0.2) is 23.8 Å². The van der Waals surface area contributed by atoms with Crippen LogP contribution in [0.3, 0.4) is 0 Å². The Labute approximate surface area is 172 Å². The fourth-order valence-electron chi connectivity index (χ4n) is 3.95. The topological polar surface area (TPSA) is 46.2 Å². The second-order valence-corrected chi connectivity index (χ2v) is 7.73. The first-order valence-corrected chi connectivity index (χ1v) is 10.6. The molecule has 1 saturated heterocycles. The molecule has 1 fully saturated rings. The van der Waals surface area contributed by atoms with Crippen molar-refractivity contribution in [1.82, 2.24) is 0 Å². The van der Waals surface area contributed by atoms with Crippen LogP contribution in [0.25, 0.3) is 0 Å². The SMILES string of the molecule is CCC(OC)C(C)CCCC/C=C/C=C(\C)C1OC(OC)C(OC)CC1OC. The fourth-order valence-corrected chi connectivity index (χ4v) is 3.95. The first-order chi connectivity index (χ1) is 13.5. The van der Waals surface area contributed by atoms with Gasteiger partial charge in [-0.05, 0) is 44.1 Å². The van der Waals surface area contributed by atoms with Gasteiger partial charge in [0.25, 0.3) is 0 Å². The van der Waals surface area contributed by atoms with Crippen molar-refractivity contribution in [2.75, 3.05) is 28.4 Å². The molecule has 0 aliphatic carbocycles. The van der Waals surface area contributed by atoms with Gasteiger partial charge in [0.05, 0.1) is 12.2 Å². The van der Waals surface area contributed by atoms with E-state index < -0.39 is 0 Å². The van der Waals surface area contributed by atoms with Crippen LogP contribution in [-0.2, 0) is 23.7 Å². The number of hydrogen-bond acceptors (Lipinski definition) is 5. The molecular formula is C23H42O5. The van der Waals surface area contributed by atoms with E-state index in [2.05, 4.69) is 39.0 Å². The molecule has 0 amide bonds. The van der Waals surface area contributed by atoms with E-state index in [1.54, 1.807) is 21.3 Å². The Morgan fingerprint density at radius 3 is 2.36 bits per heavy atom. The molecule has 0 radical (unpaired) electrons. The number of methoxy groups -OCH3 is 4. The Morgan fingerprint density at radius 2 is 1.79 bits per heavy atom. The summed E-state index contributed by atoms with van der Waals surface area (Å²) in [6, 6.07) is 0. The van der Waals surface area contributed by atoms with Crippen LogP contribution in [0.1, 0.15) is 59.3 Å². The van der Waals surface area contributed by atoms with Gasteiger partial charge in [-0.2, -0.15) is 0 Å². The molecule has 1 heterocycles. The van der Waals surface area contributed by atoms with Gasteiger partial charge < -0.3 is 23.7 Å². The lowest BCUT2D eigenvalue weighted by molar-refractivity contribution is -0.256. The van der Waals surface area contributed by atoms with Crippen molar-refractivity contribution in [3.8, 4) is 0 Å². The highest BCUT2D eigenvalue weighted by molar-refractivity contribution is 5.17. The number of rotatable bonds is 13. The zero-order valence-corrected chi connectivity index (χ0v) is 19.0. The fraction of sp³-hybridized carbons (Fsp3) is 0.826. The summed E-state index contributed by atoms with van der Waals surface area (Å²) in [5, 5.41) is 0. The van der Waals surface area contributed by atoms with Gasteiger partial charge in [0.1, 0.15) is 12.2 Å². The molecule has 6 atom stereocenters. The largest absolute Gasteiger partial charge is 0.381 e. The number of hydrogen-bond donors (Lipinski definition) is 0. The normalized spacial score (nSPS) is 28.6. The number of ether oxygens (including phenoxy) is 5. The van der Waals surface area contributed by atoms with Crippen molar-refractivity contribution >= 4 is 0 Å². The molecule has 0 N–H and O–H groups in total. The Balaban J connectivity index is 2.43. The molecule has 5 nitrogen and oxygen atoms in total. The Kier molecular flexibility index (Phi) is 12.9. The molecule has 164 valence electrons. The van der Waals surface area contributed by atoms with Gasteiger partial charge in [-0.3, -0.25) is 0 Å². The van der Waals surface area contributed by atoms with E-state index in [9.17, 15) is 0 Å². The lowest BCUT2D eigenvalue weighted by atomic mass is 9.95. The number of unbranched alkanes of at least 4 members (excludes halogenated alkanes) is 2. The van der Waals surface area contributed by atoms with Gasteiger partial charge in [0, 0.05) is 34.9 Å². The molecule has 0 spiro atoms. The molecule has 1 aliphatic heterocycles.